The van der Waals surface area contributed by atoms with Crippen LogP contribution in [0, 0.1) is 0 Å². The van der Waals surface area contributed by atoms with Gasteiger partial charge in [-0.25, -0.2) is 0 Å². The number of hydrogen-bond donors (Lipinski definition) is 1. The van der Waals surface area contributed by atoms with Crippen molar-refractivity contribution < 1.29 is 5.11 Å². The quantitative estimate of drug-likeness (QED) is 0.917. The lowest BCUT2D eigenvalue weighted by Crippen LogP contribution is -2.55. The van der Waals surface area contributed by atoms with Gasteiger partial charge in [0.15, 0.2) is 0 Å². The minimum absolute atomic E-state index is 0.332. The van der Waals surface area contributed by atoms with Crippen LogP contribution in [0.15, 0.2) is 53.0 Å². The third kappa shape index (κ3) is 3.41. The molecule has 2 N–H and O–H groups in total. The zero-order valence-electron chi connectivity index (χ0n) is 11.1. The van der Waals surface area contributed by atoms with E-state index in [2.05, 4.69) is 15.9 Å². The summed E-state index contributed by atoms with van der Waals surface area (Å²) in [5, 5.41) is 13.9. The van der Waals surface area contributed by atoms with Gasteiger partial charge >= 0.3 is 0 Å². The van der Waals surface area contributed by atoms with Crippen molar-refractivity contribution in [2.75, 3.05) is 0 Å². The van der Waals surface area contributed by atoms with E-state index in [1.165, 1.54) is 0 Å². The van der Waals surface area contributed by atoms with E-state index in [0.717, 1.165) is 10.0 Å². The zero-order valence-corrected chi connectivity index (χ0v) is 13.5. The molecular formula is C16H16BrClNO-. The Kier molecular flexibility index (Phi) is 4.86. The van der Waals surface area contributed by atoms with Gasteiger partial charge in [-0.05, 0) is 42.3 Å². The molecule has 0 aliphatic rings. The number of rotatable bonds is 4. The minimum Gasteiger partial charge on any atom is -0.845 e. The molecule has 4 heteroatoms. The molecular weight excluding hydrogens is 338 g/mol. The Morgan fingerprint density at radius 1 is 1.25 bits per heavy atom. The summed E-state index contributed by atoms with van der Waals surface area (Å²) in [6.45, 7) is 1.75. The summed E-state index contributed by atoms with van der Waals surface area (Å²) >= 11 is 9.28. The first kappa shape index (κ1) is 15.5. The molecule has 20 heavy (non-hydrogen) atoms. The molecule has 0 aromatic heterocycles. The molecule has 0 bridgehead atoms. The molecule has 2 aromatic rings. The van der Waals surface area contributed by atoms with E-state index in [1.54, 1.807) is 19.1 Å². The van der Waals surface area contributed by atoms with E-state index < -0.39 is 11.6 Å². The predicted molar refractivity (Wildman–Crippen MR) is 84.6 cm³/mol. The van der Waals surface area contributed by atoms with Crippen LogP contribution in [-0.2, 0) is 12.0 Å². The van der Waals surface area contributed by atoms with E-state index in [4.69, 9.17) is 17.3 Å². The molecule has 0 heterocycles. The second-order valence-electron chi connectivity index (χ2n) is 4.99. The molecule has 1 unspecified atom stereocenters. The summed E-state index contributed by atoms with van der Waals surface area (Å²) in [7, 11) is 0. The van der Waals surface area contributed by atoms with Gasteiger partial charge in [0.1, 0.15) is 0 Å². The van der Waals surface area contributed by atoms with Crippen LogP contribution in [-0.4, -0.2) is 6.04 Å². The summed E-state index contributed by atoms with van der Waals surface area (Å²) in [6, 6.07) is 14.2. The second-order valence-corrected chi connectivity index (χ2v) is 6.34. The summed E-state index contributed by atoms with van der Waals surface area (Å²) in [5.41, 5.74) is 6.24. The maximum Gasteiger partial charge on any atom is 0.0406 e. The fraction of sp³-hybridized carbons (Fsp3) is 0.250. The molecule has 2 rings (SSSR count). The van der Waals surface area contributed by atoms with E-state index in [-0.39, 0.29) is 0 Å². The average Bonchev–Trinajstić information content (AvgIpc) is 2.41. The maximum atomic E-state index is 13.2. The number of benzene rings is 2. The fourth-order valence-corrected chi connectivity index (χ4v) is 2.71. The van der Waals surface area contributed by atoms with Crippen LogP contribution in [0.1, 0.15) is 18.1 Å². The van der Waals surface area contributed by atoms with Gasteiger partial charge in [0.25, 0.3) is 0 Å². The Hall–Kier alpha value is -0.870. The lowest BCUT2D eigenvalue weighted by atomic mass is 9.82. The van der Waals surface area contributed by atoms with Gasteiger partial charge in [-0.2, -0.15) is 0 Å². The topological polar surface area (TPSA) is 49.1 Å². The van der Waals surface area contributed by atoms with Crippen molar-refractivity contribution in [2.24, 2.45) is 5.73 Å². The molecule has 0 amide bonds. The Morgan fingerprint density at radius 3 is 2.45 bits per heavy atom. The van der Waals surface area contributed by atoms with Gasteiger partial charge in [-0.15, -0.1) is 0 Å². The Bertz CT molecular complexity index is 585. The molecule has 0 aliphatic carbocycles. The molecule has 106 valence electrons. The molecule has 0 spiro atoms. The highest BCUT2D eigenvalue weighted by Crippen LogP contribution is 2.28. The summed E-state index contributed by atoms with van der Waals surface area (Å²) < 4.78 is 0.881. The van der Waals surface area contributed by atoms with E-state index in [0.29, 0.717) is 17.0 Å². The highest BCUT2D eigenvalue weighted by atomic mass is 79.9. The Balaban J connectivity index is 2.37. The van der Waals surface area contributed by atoms with E-state index in [1.807, 2.05) is 36.4 Å². The SMILES string of the molecule is C[C@H](N)C([O-])(Cc1ccc(Cl)cc1)c1cccc(Br)c1. The van der Waals surface area contributed by atoms with E-state index >= 15 is 0 Å². The average molecular weight is 354 g/mol. The normalized spacial score (nSPS) is 15.7. The van der Waals surface area contributed by atoms with Crippen LogP contribution in [0.3, 0.4) is 0 Å². The first-order valence-electron chi connectivity index (χ1n) is 6.38. The molecule has 0 fully saturated rings. The van der Waals surface area contributed by atoms with Gasteiger partial charge in [-0.1, -0.05) is 69.9 Å². The third-order valence-electron chi connectivity index (χ3n) is 3.43. The summed E-state index contributed by atoms with van der Waals surface area (Å²) in [6.07, 6.45) is 0.332. The van der Waals surface area contributed by atoms with Crippen molar-refractivity contribution in [3.05, 3.63) is 69.2 Å². The molecule has 2 nitrogen and oxygen atoms in total. The smallest absolute Gasteiger partial charge is 0.0406 e. The molecule has 0 radical (unpaired) electrons. The van der Waals surface area contributed by atoms with Crippen LogP contribution in [0.2, 0.25) is 5.02 Å². The third-order valence-corrected chi connectivity index (χ3v) is 4.17. The van der Waals surface area contributed by atoms with Crippen molar-refractivity contribution in [1.82, 2.24) is 0 Å². The van der Waals surface area contributed by atoms with Gasteiger partial charge in [0.05, 0.1) is 0 Å². The van der Waals surface area contributed by atoms with Crippen molar-refractivity contribution in [1.29, 1.82) is 0 Å². The van der Waals surface area contributed by atoms with E-state index in [9.17, 15) is 5.11 Å². The summed E-state index contributed by atoms with van der Waals surface area (Å²) in [5.74, 6) is 0. The number of hydrogen-bond acceptors (Lipinski definition) is 2. The first-order chi connectivity index (χ1) is 9.41. The predicted octanol–water partition coefficient (Wildman–Crippen LogP) is 3.25. The number of nitrogens with two attached hydrogens (primary N) is 1. The lowest BCUT2D eigenvalue weighted by molar-refractivity contribution is -0.492. The fourth-order valence-electron chi connectivity index (χ4n) is 2.18. The Labute approximate surface area is 132 Å². The first-order valence-corrected chi connectivity index (χ1v) is 7.55. The van der Waals surface area contributed by atoms with Crippen molar-refractivity contribution in [3.63, 3.8) is 0 Å². The molecule has 2 aromatic carbocycles. The Morgan fingerprint density at radius 2 is 1.90 bits per heavy atom. The molecule has 2 atom stereocenters. The van der Waals surface area contributed by atoms with Crippen molar-refractivity contribution >= 4 is 27.5 Å². The lowest BCUT2D eigenvalue weighted by Gasteiger charge is -2.45. The van der Waals surface area contributed by atoms with Gasteiger partial charge in [-0.3, -0.25) is 0 Å². The second kappa shape index (κ2) is 6.27. The van der Waals surface area contributed by atoms with Crippen LogP contribution in [0.5, 0.6) is 0 Å². The standard InChI is InChI=1S/C16H16BrClNO/c1-11(19)16(20,13-3-2-4-14(17)9-13)10-12-5-7-15(18)8-6-12/h2-9,11H,10,19H2,1H3/q-1/t11-,16?/m0/s1. The molecule has 0 saturated carbocycles. The van der Waals surface area contributed by atoms with Gasteiger partial charge in [0.2, 0.25) is 0 Å². The van der Waals surface area contributed by atoms with Gasteiger partial charge < -0.3 is 10.8 Å². The largest absolute Gasteiger partial charge is 0.845 e. The highest BCUT2D eigenvalue weighted by Gasteiger charge is 2.24. The zero-order chi connectivity index (χ0) is 14.8. The molecule has 0 saturated heterocycles. The minimum atomic E-state index is -1.36. The van der Waals surface area contributed by atoms with Crippen molar-refractivity contribution in [2.45, 2.75) is 25.0 Å². The highest BCUT2D eigenvalue weighted by molar-refractivity contribution is 9.10. The van der Waals surface area contributed by atoms with Crippen LogP contribution in [0.25, 0.3) is 0 Å². The van der Waals surface area contributed by atoms with Crippen LogP contribution in [0.4, 0.5) is 0 Å². The summed E-state index contributed by atoms with van der Waals surface area (Å²) in [4.78, 5) is 0. The van der Waals surface area contributed by atoms with Crippen LogP contribution >= 0.6 is 27.5 Å². The monoisotopic (exact) mass is 352 g/mol. The maximum absolute atomic E-state index is 13.2. The number of halogens is 2. The molecule has 0 aliphatic heterocycles. The van der Waals surface area contributed by atoms with Crippen LogP contribution < -0.4 is 10.8 Å². The van der Waals surface area contributed by atoms with Crippen molar-refractivity contribution in [3.8, 4) is 0 Å². The van der Waals surface area contributed by atoms with Gasteiger partial charge in [0, 0.05) is 9.50 Å².